The van der Waals surface area contributed by atoms with Gasteiger partial charge in [0.1, 0.15) is 0 Å². The van der Waals surface area contributed by atoms with Gasteiger partial charge in [0.15, 0.2) is 5.03 Å². The quantitative estimate of drug-likeness (QED) is 0.863. The molecule has 2 aromatic rings. The molecule has 0 amide bonds. The number of anilines is 1. The van der Waals surface area contributed by atoms with Crippen molar-refractivity contribution in [1.29, 1.82) is 0 Å². The predicted molar refractivity (Wildman–Crippen MR) is 80.3 cm³/mol. The maximum atomic E-state index is 12.6. The monoisotopic (exact) mass is 309 g/mol. The topological polar surface area (TPSA) is 80.1 Å². The van der Waals surface area contributed by atoms with Crippen molar-refractivity contribution in [2.75, 3.05) is 18.9 Å². The van der Waals surface area contributed by atoms with E-state index in [1.165, 1.54) is 17.5 Å². The van der Waals surface area contributed by atoms with Gasteiger partial charge in [0.05, 0.1) is 11.9 Å². The fourth-order valence-corrected chi connectivity index (χ4v) is 3.19. The molecule has 0 aliphatic carbocycles. The molecule has 0 radical (unpaired) electrons. The molecule has 0 bridgehead atoms. The second-order valence-corrected chi connectivity index (χ2v) is 6.63. The van der Waals surface area contributed by atoms with Crippen LogP contribution in [0.15, 0.2) is 35.7 Å². The molecule has 21 heavy (non-hydrogen) atoms. The van der Waals surface area contributed by atoms with Crippen molar-refractivity contribution in [2.45, 2.75) is 18.5 Å². The molecule has 0 saturated carbocycles. The minimum atomic E-state index is -3.66. The minimum Gasteiger partial charge on any atom is -0.383 e. The van der Waals surface area contributed by atoms with Crippen LogP contribution in [0.2, 0.25) is 0 Å². The molecule has 0 aliphatic heterocycles. The maximum absolute atomic E-state index is 12.6. The van der Waals surface area contributed by atoms with Crippen molar-refractivity contribution >= 4 is 15.7 Å². The number of hydrogen-bond donors (Lipinski definition) is 1. The number of nitrogens with zero attached hydrogens (tertiary/aromatic N) is 4. The highest BCUT2D eigenvalue weighted by atomic mass is 32.2. The Kier molecular flexibility index (Phi) is 4.59. The fraction of sp³-hybridized carbons (Fsp3) is 0.385. The van der Waals surface area contributed by atoms with E-state index < -0.39 is 10.0 Å². The van der Waals surface area contributed by atoms with Crippen LogP contribution in [0.4, 0.5) is 5.69 Å². The number of aromatic nitrogens is 3. The number of nitrogens with one attached hydrogen (secondary N) is 1. The van der Waals surface area contributed by atoms with Gasteiger partial charge in [0, 0.05) is 45.1 Å². The summed E-state index contributed by atoms with van der Waals surface area (Å²) < 4.78 is 28.2. The van der Waals surface area contributed by atoms with Crippen molar-refractivity contribution in [3.8, 4) is 0 Å². The standard InChI is InChI=1S/C13H19N5O2S/c1-4-14-12-6-5-7-15-13(12)21(19,20)18(3)10-11-8-16-17(2)9-11/h5-9,14H,4,10H2,1-3H3. The second kappa shape index (κ2) is 6.23. The molecule has 0 atom stereocenters. The van der Waals surface area contributed by atoms with Crippen LogP contribution < -0.4 is 5.32 Å². The van der Waals surface area contributed by atoms with E-state index in [9.17, 15) is 8.42 Å². The van der Waals surface area contributed by atoms with Gasteiger partial charge >= 0.3 is 0 Å². The normalized spacial score (nSPS) is 11.8. The third-order valence-corrected chi connectivity index (χ3v) is 4.72. The van der Waals surface area contributed by atoms with E-state index in [4.69, 9.17) is 0 Å². The van der Waals surface area contributed by atoms with E-state index in [2.05, 4.69) is 15.4 Å². The number of pyridine rings is 1. The van der Waals surface area contributed by atoms with Gasteiger partial charge in [-0.05, 0) is 19.1 Å². The summed E-state index contributed by atoms with van der Waals surface area (Å²) in [6.45, 7) is 2.78. The molecule has 0 fully saturated rings. The number of rotatable bonds is 6. The Morgan fingerprint density at radius 3 is 2.81 bits per heavy atom. The van der Waals surface area contributed by atoms with Gasteiger partial charge in [-0.3, -0.25) is 4.68 Å². The van der Waals surface area contributed by atoms with Crippen molar-refractivity contribution < 1.29 is 8.42 Å². The molecular weight excluding hydrogens is 290 g/mol. The third kappa shape index (κ3) is 3.40. The zero-order valence-electron chi connectivity index (χ0n) is 12.3. The molecule has 1 N–H and O–H groups in total. The molecule has 0 spiro atoms. The molecule has 0 unspecified atom stereocenters. The first kappa shape index (κ1) is 15.5. The lowest BCUT2D eigenvalue weighted by molar-refractivity contribution is 0.464. The Morgan fingerprint density at radius 1 is 1.43 bits per heavy atom. The zero-order valence-corrected chi connectivity index (χ0v) is 13.1. The van der Waals surface area contributed by atoms with E-state index in [1.807, 2.05) is 6.92 Å². The van der Waals surface area contributed by atoms with Crippen LogP contribution in [0.25, 0.3) is 0 Å². The summed E-state index contributed by atoms with van der Waals surface area (Å²) in [5, 5.41) is 7.10. The lowest BCUT2D eigenvalue weighted by Gasteiger charge is -2.18. The Balaban J connectivity index is 2.28. The molecule has 0 aromatic carbocycles. The SMILES string of the molecule is CCNc1cccnc1S(=O)(=O)N(C)Cc1cnn(C)c1. The molecule has 2 rings (SSSR count). The van der Waals surface area contributed by atoms with E-state index in [0.29, 0.717) is 12.2 Å². The van der Waals surface area contributed by atoms with Crippen LogP contribution in [0.5, 0.6) is 0 Å². The first-order valence-corrected chi connectivity index (χ1v) is 8.02. The Hall–Kier alpha value is -1.93. The lowest BCUT2D eigenvalue weighted by Crippen LogP contribution is -2.28. The van der Waals surface area contributed by atoms with Gasteiger partial charge in [-0.25, -0.2) is 13.4 Å². The number of sulfonamides is 1. The summed E-state index contributed by atoms with van der Waals surface area (Å²) in [5.74, 6) is 0. The van der Waals surface area contributed by atoms with E-state index in [1.54, 1.807) is 36.3 Å². The van der Waals surface area contributed by atoms with Crippen molar-refractivity contribution in [2.24, 2.45) is 7.05 Å². The predicted octanol–water partition coefficient (Wildman–Crippen LogP) is 1.07. The molecule has 7 nitrogen and oxygen atoms in total. The van der Waals surface area contributed by atoms with Crippen LogP contribution in [0, 0.1) is 0 Å². The minimum absolute atomic E-state index is 0.0400. The summed E-state index contributed by atoms with van der Waals surface area (Å²) in [4.78, 5) is 4.02. The van der Waals surface area contributed by atoms with Gasteiger partial charge in [0.25, 0.3) is 10.0 Å². The van der Waals surface area contributed by atoms with Gasteiger partial charge in [-0.15, -0.1) is 0 Å². The van der Waals surface area contributed by atoms with Crippen LogP contribution in [-0.4, -0.2) is 41.1 Å². The van der Waals surface area contributed by atoms with E-state index >= 15 is 0 Å². The summed E-state index contributed by atoms with van der Waals surface area (Å²) in [7, 11) is -0.332. The first-order chi connectivity index (χ1) is 9.95. The van der Waals surface area contributed by atoms with Crippen LogP contribution in [0.3, 0.4) is 0 Å². The highest BCUT2D eigenvalue weighted by Crippen LogP contribution is 2.22. The van der Waals surface area contributed by atoms with E-state index in [-0.39, 0.29) is 11.6 Å². The van der Waals surface area contributed by atoms with Gasteiger partial charge in [0.2, 0.25) is 0 Å². The Bertz CT molecular complexity index is 711. The largest absolute Gasteiger partial charge is 0.383 e. The summed E-state index contributed by atoms with van der Waals surface area (Å²) in [5.41, 5.74) is 1.34. The Morgan fingerprint density at radius 2 is 2.19 bits per heavy atom. The van der Waals surface area contributed by atoms with Crippen LogP contribution >= 0.6 is 0 Å². The molecular formula is C13H19N5O2S. The average Bonchev–Trinajstić information content (AvgIpc) is 2.85. The highest BCUT2D eigenvalue weighted by molar-refractivity contribution is 7.89. The average molecular weight is 309 g/mol. The van der Waals surface area contributed by atoms with Gasteiger partial charge in [-0.2, -0.15) is 9.40 Å². The number of hydrogen-bond acceptors (Lipinski definition) is 5. The highest BCUT2D eigenvalue weighted by Gasteiger charge is 2.25. The van der Waals surface area contributed by atoms with Gasteiger partial charge < -0.3 is 5.32 Å². The van der Waals surface area contributed by atoms with Gasteiger partial charge in [-0.1, -0.05) is 0 Å². The van der Waals surface area contributed by atoms with Crippen LogP contribution in [0.1, 0.15) is 12.5 Å². The number of aryl methyl sites for hydroxylation is 1. The lowest BCUT2D eigenvalue weighted by atomic mass is 10.4. The van der Waals surface area contributed by atoms with Crippen molar-refractivity contribution in [3.05, 3.63) is 36.3 Å². The summed E-state index contributed by atoms with van der Waals surface area (Å²) >= 11 is 0. The fourth-order valence-electron chi connectivity index (χ4n) is 1.96. The molecule has 0 aliphatic rings. The van der Waals surface area contributed by atoms with Crippen LogP contribution in [-0.2, 0) is 23.6 Å². The third-order valence-electron chi connectivity index (χ3n) is 2.96. The molecule has 114 valence electrons. The Labute approximate surface area is 124 Å². The summed E-state index contributed by atoms with van der Waals surface area (Å²) in [6, 6.07) is 3.42. The smallest absolute Gasteiger partial charge is 0.262 e. The van der Waals surface area contributed by atoms with E-state index in [0.717, 1.165) is 5.56 Å². The van der Waals surface area contributed by atoms with Crippen molar-refractivity contribution in [3.63, 3.8) is 0 Å². The molecule has 2 aromatic heterocycles. The molecule has 0 saturated heterocycles. The molecule has 8 heteroatoms. The first-order valence-electron chi connectivity index (χ1n) is 6.58. The van der Waals surface area contributed by atoms with Crippen molar-refractivity contribution in [1.82, 2.24) is 19.1 Å². The second-order valence-electron chi connectivity index (χ2n) is 4.67. The zero-order chi connectivity index (χ0) is 15.5. The molecule has 2 heterocycles. The summed E-state index contributed by atoms with van der Waals surface area (Å²) in [6.07, 6.45) is 4.91. The maximum Gasteiger partial charge on any atom is 0.262 e.